The molecule has 0 aliphatic carbocycles. The molecule has 1 aromatic rings. The van der Waals surface area contributed by atoms with Crippen LogP contribution in [0.4, 0.5) is 0 Å². The van der Waals surface area contributed by atoms with Crippen LogP contribution in [0.3, 0.4) is 0 Å². The quantitative estimate of drug-likeness (QED) is 0.241. The van der Waals surface area contributed by atoms with Crippen molar-refractivity contribution < 1.29 is 0 Å². The maximum absolute atomic E-state index is 5.02. The van der Waals surface area contributed by atoms with Crippen molar-refractivity contribution in [1.29, 1.82) is 0 Å². The van der Waals surface area contributed by atoms with Gasteiger partial charge in [-0.3, -0.25) is 10.9 Å². The van der Waals surface area contributed by atoms with E-state index in [0.29, 0.717) is 5.69 Å². The number of aromatic nitrogens is 1. The van der Waals surface area contributed by atoms with Gasteiger partial charge in [0.2, 0.25) is 5.11 Å². The highest BCUT2D eigenvalue weighted by atomic mass is 79.9. The molecule has 0 aliphatic rings. The van der Waals surface area contributed by atoms with E-state index in [9.17, 15) is 0 Å². The van der Waals surface area contributed by atoms with Crippen LogP contribution in [0.25, 0.3) is 0 Å². The second-order valence-corrected chi connectivity index (χ2v) is 3.45. The van der Waals surface area contributed by atoms with Crippen LogP contribution in [-0.2, 0) is 0 Å². The van der Waals surface area contributed by atoms with Gasteiger partial charge in [0.25, 0.3) is 0 Å². The second-order valence-electron chi connectivity index (χ2n) is 2.23. The molecule has 0 fully saturated rings. The van der Waals surface area contributed by atoms with Gasteiger partial charge in [-0.25, -0.2) is 10.8 Å². The number of rotatable bonds is 2. The van der Waals surface area contributed by atoms with Crippen molar-refractivity contribution in [3.8, 4) is 0 Å². The third-order valence-electron chi connectivity index (χ3n) is 1.23. The lowest BCUT2D eigenvalue weighted by Crippen LogP contribution is -2.37. The van der Waals surface area contributed by atoms with Crippen molar-refractivity contribution in [2.45, 2.75) is 0 Å². The average molecular weight is 274 g/mol. The molecule has 0 saturated heterocycles. The standard InChI is InChI=1S/C7H8BrN5S/c8-6-3-1-2-5(11-6)4-10-13-7(14)12-9/h1-4H,9H2,(H2,12,13,14)/b10-4+. The Morgan fingerprint density at radius 1 is 1.64 bits per heavy atom. The summed E-state index contributed by atoms with van der Waals surface area (Å²) in [4.78, 5) is 4.13. The van der Waals surface area contributed by atoms with Gasteiger partial charge in [0.05, 0.1) is 11.9 Å². The lowest BCUT2D eigenvalue weighted by molar-refractivity contribution is 0.929. The smallest absolute Gasteiger partial charge is 0.201 e. The first-order valence-electron chi connectivity index (χ1n) is 3.64. The van der Waals surface area contributed by atoms with Crippen molar-refractivity contribution in [3.63, 3.8) is 0 Å². The van der Waals surface area contributed by atoms with Crippen LogP contribution >= 0.6 is 28.1 Å². The number of hydrogen-bond acceptors (Lipinski definition) is 4. The summed E-state index contributed by atoms with van der Waals surface area (Å²) in [6, 6.07) is 5.50. The molecule has 1 rings (SSSR count). The third-order valence-corrected chi connectivity index (χ3v) is 1.88. The monoisotopic (exact) mass is 273 g/mol. The molecule has 1 aromatic heterocycles. The van der Waals surface area contributed by atoms with Crippen molar-refractivity contribution in [1.82, 2.24) is 15.8 Å². The summed E-state index contributed by atoms with van der Waals surface area (Å²) in [5, 5.41) is 4.06. The molecule has 4 N–H and O–H groups in total. The van der Waals surface area contributed by atoms with Crippen LogP contribution in [0.1, 0.15) is 5.69 Å². The van der Waals surface area contributed by atoms with E-state index < -0.39 is 0 Å². The van der Waals surface area contributed by atoms with Gasteiger partial charge >= 0.3 is 0 Å². The van der Waals surface area contributed by atoms with E-state index in [1.807, 2.05) is 18.2 Å². The molecule has 0 atom stereocenters. The molecule has 14 heavy (non-hydrogen) atoms. The molecule has 0 bridgehead atoms. The largest absolute Gasteiger partial charge is 0.300 e. The molecule has 0 spiro atoms. The van der Waals surface area contributed by atoms with Crippen molar-refractivity contribution in [3.05, 3.63) is 28.5 Å². The molecule has 1 heterocycles. The molecule has 0 radical (unpaired) electrons. The fourth-order valence-corrected chi connectivity index (χ4v) is 1.10. The van der Waals surface area contributed by atoms with Gasteiger partial charge in [0.1, 0.15) is 4.60 Å². The maximum atomic E-state index is 5.02. The lowest BCUT2D eigenvalue weighted by Gasteiger charge is -1.98. The van der Waals surface area contributed by atoms with Crippen molar-refractivity contribution >= 4 is 39.5 Å². The Kier molecular flexibility index (Phi) is 4.44. The Morgan fingerprint density at radius 3 is 3.07 bits per heavy atom. The highest BCUT2D eigenvalue weighted by molar-refractivity contribution is 9.10. The van der Waals surface area contributed by atoms with E-state index in [4.69, 9.17) is 18.1 Å². The molecular formula is C7H8BrN5S. The number of nitrogens with zero attached hydrogens (tertiary/aromatic N) is 2. The predicted molar refractivity (Wildman–Crippen MR) is 62.6 cm³/mol. The summed E-state index contributed by atoms with van der Waals surface area (Å²) >= 11 is 7.95. The van der Waals surface area contributed by atoms with Crippen LogP contribution in [0, 0.1) is 0 Å². The van der Waals surface area contributed by atoms with E-state index in [1.54, 1.807) is 0 Å². The number of hydrazine groups is 1. The van der Waals surface area contributed by atoms with Gasteiger partial charge in [-0.15, -0.1) is 0 Å². The van der Waals surface area contributed by atoms with Crippen molar-refractivity contribution in [2.24, 2.45) is 10.9 Å². The van der Waals surface area contributed by atoms with E-state index in [2.05, 4.69) is 36.9 Å². The number of thiocarbonyl (C=S) groups is 1. The minimum Gasteiger partial charge on any atom is -0.300 e. The Morgan fingerprint density at radius 2 is 2.43 bits per heavy atom. The summed E-state index contributed by atoms with van der Waals surface area (Å²) < 4.78 is 0.751. The first-order valence-corrected chi connectivity index (χ1v) is 4.84. The second kappa shape index (κ2) is 5.63. The minimum absolute atomic E-state index is 0.247. The van der Waals surface area contributed by atoms with E-state index in [1.165, 1.54) is 6.21 Å². The molecule has 0 aromatic carbocycles. The highest BCUT2D eigenvalue weighted by Crippen LogP contribution is 2.04. The van der Waals surface area contributed by atoms with E-state index >= 15 is 0 Å². The number of pyridine rings is 1. The summed E-state index contributed by atoms with van der Waals surface area (Å²) in [7, 11) is 0. The Labute approximate surface area is 94.9 Å². The topological polar surface area (TPSA) is 75.3 Å². The number of nitrogens with two attached hydrogens (primary N) is 1. The molecule has 7 heteroatoms. The van der Waals surface area contributed by atoms with Crippen LogP contribution in [-0.4, -0.2) is 16.3 Å². The van der Waals surface area contributed by atoms with E-state index in [0.717, 1.165) is 4.60 Å². The summed E-state index contributed by atoms with van der Waals surface area (Å²) in [6.45, 7) is 0. The van der Waals surface area contributed by atoms with Crippen LogP contribution in [0.2, 0.25) is 0 Å². The summed E-state index contributed by atoms with van der Waals surface area (Å²) in [6.07, 6.45) is 1.54. The Hall–Kier alpha value is -1.05. The molecule has 74 valence electrons. The minimum atomic E-state index is 0.247. The number of hydrogen-bond donors (Lipinski definition) is 3. The van der Waals surface area contributed by atoms with Crippen LogP contribution in [0.15, 0.2) is 27.9 Å². The maximum Gasteiger partial charge on any atom is 0.201 e. The number of halogens is 1. The zero-order valence-electron chi connectivity index (χ0n) is 7.07. The van der Waals surface area contributed by atoms with Gasteiger partial charge in [0.15, 0.2) is 0 Å². The fourth-order valence-electron chi connectivity index (χ4n) is 0.685. The lowest BCUT2D eigenvalue weighted by atomic mass is 10.4. The first-order chi connectivity index (χ1) is 6.72. The van der Waals surface area contributed by atoms with Gasteiger partial charge in [0, 0.05) is 0 Å². The molecule has 0 saturated carbocycles. The third kappa shape index (κ3) is 3.77. The van der Waals surface area contributed by atoms with Crippen molar-refractivity contribution in [2.75, 3.05) is 0 Å². The molecule has 5 nitrogen and oxygen atoms in total. The number of nitrogens with one attached hydrogen (secondary N) is 2. The predicted octanol–water partition coefficient (Wildman–Crippen LogP) is 0.516. The van der Waals surface area contributed by atoms with Gasteiger partial charge < -0.3 is 0 Å². The van der Waals surface area contributed by atoms with Crippen LogP contribution in [0.5, 0.6) is 0 Å². The molecule has 0 amide bonds. The Balaban J connectivity index is 2.56. The first kappa shape index (κ1) is 11.0. The normalized spacial score (nSPS) is 10.1. The number of hydrazone groups is 1. The zero-order valence-corrected chi connectivity index (χ0v) is 9.47. The van der Waals surface area contributed by atoms with Crippen LogP contribution < -0.4 is 16.7 Å². The molecule has 0 unspecified atom stereocenters. The van der Waals surface area contributed by atoms with Gasteiger partial charge in [-0.2, -0.15) is 5.10 Å². The Bertz CT molecular complexity index is 354. The molecule has 0 aliphatic heterocycles. The average Bonchev–Trinajstić information content (AvgIpc) is 2.17. The van der Waals surface area contributed by atoms with Gasteiger partial charge in [-0.05, 0) is 40.3 Å². The summed E-state index contributed by atoms with van der Waals surface area (Å²) in [5.74, 6) is 5.02. The zero-order chi connectivity index (χ0) is 10.4. The highest BCUT2D eigenvalue weighted by Gasteiger charge is 1.91. The van der Waals surface area contributed by atoms with E-state index in [-0.39, 0.29) is 5.11 Å². The SMILES string of the molecule is NNC(=S)N/N=C/c1cccc(Br)n1. The summed E-state index contributed by atoms with van der Waals surface area (Å²) in [5.41, 5.74) is 5.46. The fraction of sp³-hybridized carbons (Fsp3) is 0. The molecular weight excluding hydrogens is 266 g/mol. The van der Waals surface area contributed by atoms with Gasteiger partial charge in [-0.1, -0.05) is 6.07 Å².